The van der Waals surface area contributed by atoms with E-state index in [0.717, 1.165) is 18.7 Å². The van der Waals surface area contributed by atoms with Gasteiger partial charge in [0, 0.05) is 32.0 Å². The smallest absolute Gasteiger partial charge is 0.255 e. The van der Waals surface area contributed by atoms with Gasteiger partial charge in [0.15, 0.2) is 0 Å². The van der Waals surface area contributed by atoms with Gasteiger partial charge in [0.25, 0.3) is 5.91 Å². The molecular weight excluding hydrogens is 269 g/mol. The summed E-state index contributed by atoms with van der Waals surface area (Å²) in [4.78, 5) is 17.3. The molecule has 0 saturated heterocycles. The largest absolute Gasteiger partial charge is 0.375 e. The summed E-state index contributed by atoms with van der Waals surface area (Å²) in [6.45, 7) is 1.30. The predicted molar refractivity (Wildman–Crippen MR) is 80.9 cm³/mol. The van der Waals surface area contributed by atoms with Crippen molar-refractivity contribution in [3.8, 4) is 0 Å². The summed E-state index contributed by atoms with van der Waals surface area (Å²) in [6, 6.07) is 13.0. The van der Waals surface area contributed by atoms with Crippen molar-refractivity contribution < 1.29 is 9.18 Å². The molecule has 0 radical (unpaired) electrons. The molecule has 5 heteroatoms. The Labute approximate surface area is 123 Å². The fourth-order valence-corrected chi connectivity index (χ4v) is 1.98. The molecule has 1 amide bonds. The molecule has 0 unspecified atom stereocenters. The van der Waals surface area contributed by atoms with Gasteiger partial charge in [-0.3, -0.25) is 4.79 Å². The molecule has 110 valence electrons. The maximum absolute atomic E-state index is 13.3. The van der Waals surface area contributed by atoms with Crippen LogP contribution in [0.4, 0.5) is 10.1 Å². The number of hydrogen-bond donors (Lipinski definition) is 1. The van der Waals surface area contributed by atoms with Gasteiger partial charge < -0.3 is 10.2 Å². The highest BCUT2D eigenvalue weighted by Crippen LogP contribution is 2.10. The Morgan fingerprint density at radius 1 is 1.24 bits per heavy atom. The van der Waals surface area contributed by atoms with Crippen LogP contribution in [0, 0.1) is 5.95 Å². The summed E-state index contributed by atoms with van der Waals surface area (Å²) >= 11 is 0. The second-order valence-corrected chi connectivity index (χ2v) is 4.71. The summed E-state index contributed by atoms with van der Waals surface area (Å²) in [5.41, 5.74) is 1.11. The van der Waals surface area contributed by atoms with Crippen LogP contribution >= 0.6 is 0 Å². The number of nitrogens with zero attached hydrogens (tertiary/aromatic N) is 2. The average Bonchev–Trinajstić information content (AvgIpc) is 2.52. The second kappa shape index (κ2) is 7.38. The van der Waals surface area contributed by atoms with Gasteiger partial charge in [-0.05, 0) is 30.7 Å². The molecule has 21 heavy (non-hydrogen) atoms. The number of benzene rings is 1. The van der Waals surface area contributed by atoms with Crippen molar-refractivity contribution in [2.24, 2.45) is 0 Å². The number of hydrogen-bond acceptors (Lipinski definition) is 3. The minimum absolute atomic E-state index is 0.0195. The zero-order valence-electron chi connectivity index (χ0n) is 11.9. The van der Waals surface area contributed by atoms with E-state index in [2.05, 4.69) is 15.2 Å². The molecule has 1 aromatic carbocycles. The van der Waals surface area contributed by atoms with Crippen LogP contribution in [0.5, 0.6) is 0 Å². The van der Waals surface area contributed by atoms with Crippen LogP contribution in [-0.4, -0.2) is 31.0 Å². The lowest BCUT2D eigenvalue weighted by molar-refractivity contribution is 0.0948. The van der Waals surface area contributed by atoms with E-state index in [-0.39, 0.29) is 5.56 Å². The van der Waals surface area contributed by atoms with Crippen molar-refractivity contribution in [3.63, 3.8) is 0 Å². The quantitative estimate of drug-likeness (QED) is 0.656. The highest BCUT2D eigenvalue weighted by molar-refractivity contribution is 5.94. The average molecular weight is 287 g/mol. The third kappa shape index (κ3) is 4.27. The van der Waals surface area contributed by atoms with Crippen molar-refractivity contribution in [2.75, 3.05) is 25.0 Å². The lowest BCUT2D eigenvalue weighted by Crippen LogP contribution is -2.28. The monoisotopic (exact) mass is 287 g/mol. The Morgan fingerprint density at radius 2 is 2.00 bits per heavy atom. The lowest BCUT2D eigenvalue weighted by atomic mass is 10.2. The summed E-state index contributed by atoms with van der Waals surface area (Å²) in [7, 11) is 2.00. The lowest BCUT2D eigenvalue weighted by Gasteiger charge is -2.19. The summed E-state index contributed by atoms with van der Waals surface area (Å²) in [5, 5.41) is 2.70. The molecule has 0 fully saturated rings. The van der Waals surface area contributed by atoms with E-state index in [4.69, 9.17) is 0 Å². The SMILES string of the molecule is CN(CCCNC(=O)c1cccnc1F)c1ccccc1. The zero-order chi connectivity index (χ0) is 15.1. The number of aromatic nitrogens is 1. The van der Waals surface area contributed by atoms with Crippen molar-refractivity contribution in [2.45, 2.75) is 6.42 Å². The molecule has 0 bridgehead atoms. The second-order valence-electron chi connectivity index (χ2n) is 4.71. The van der Waals surface area contributed by atoms with Gasteiger partial charge in [0.1, 0.15) is 0 Å². The van der Waals surface area contributed by atoms with E-state index in [1.165, 1.54) is 12.3 Å². The van der Waals surface area contributed by atoms with Crippen LogP contribution in [0.2, 0.25) is 0 Å². The first-order chi connectivity index (χ1) is 10.2. The molecule has 0 aliphatic heterocycles. The van der Waals surface area contributed by atoms with Gasteiger partial charge in [-0.1, -0.05) is 18.2 Å². The van der Waals surface area contributed by atoms with E-state index in [9.17, 15) is 9.18 Å². The standard InChI is InChI=1S/C16H18FN3O/c1-20(13-7-3-2-4-8-13)12-6-11-19-16(21)14-9-5-10-18-15(14)17/h2-5,7-10H,6,11-12H2,1H3,(H,19,21). The van der Waals surface area contributed by atoms with E-state index < -0.39 is 11.9 Å². The number of anilines is 1. The number of pyridine rings is 1. The first kappa shape index (κ1) is 15.0. The van der Waals surface area contributed by atoms with Gasteiger partial charge in [-0.25, -0.2) is 4.98 Å². The molecule has 0 spiro atoms. The van der Waals surface area contributed by atoms with Crippen molar-refractivity contribution in [3.05, 3.63) is 60.2 Å². The third-order valence-electron chi connectivity index (χ3n) is 3.16. The van der Waals surface area contributed by atoms with Gasteiger partial charge >= 0.3 is 0 Å². The summed E-state index contributed by atoms with van der Waals surface area (Å²) in [5.74, 6) is -1.17. The highest BCUT2D eigenvalue weighted by Gasteiger charge is 2.11. The maximum Gasteiger partial charge on any atom is 0.255 e. The Bertz CT molecular complexity index is 589. The first-order valence-corrected chi connectivity index (χ1v) is 6.83. The normalized spacial score (nSPS) is 10.2. The fourth-order valence-electron chi connectivity index (χ4n) is 1.98. The molecule has 1 N–H and O–H groups in total. The molecule has 0 aliphatic rings. The van der Waals surface area contributed by atoms with Crippen LogP contribution in [-0.2, 0) is 0 Å². The molecular formula is C16H18FN3O. The molecule has 2 rings (SSSR count). The van der Waals surface area contributed by atoms with Crippen molar-refractivity contribution in [1.82, 2.24) is 10.3 Å². The molecule has 1 aromatic heterocycles. The molecule has 4 nitrogen and oxygen atoms in total. The van der Waals surface area contributed by atoms with E-state index >= 15 is 0 Å². The third-order valence-corrected chi connectivity index (χ3v) is 3.16. The van der Waals surface area contributed by atoms with Crippen LogP contribution in [0.25, 0.3) is 0 Å². The molecule has 2 aromatic rings. The topological polar surface area (TPSA) is 45.2 Å². The Morgan fingerprint density at radius 3 is 2.71 bits per heavy atom. The number of para-hydroxylation sites is 1. The van der Waals surface area contributed by atoms with Crippen molar-refractivity contribution >= 4 is 11.6 Å². The van der Waals surface area contributed by atoms with E-state index in [1.54, 1.807) is 6.07 Å². The van der Waals surface area contributed by atoms with Gasteiger partial charge in [-0.2, -0.15) is 4.39 Å². The Balaban J connectivity index is 1.75. The summed E-state index contributed by atoms with van der Waals surface area (Å²) in [6.07, 6.45) is 2.10. The van der Waals surface area contributed by atoms with Gasteiger partial charge in [0.05, 0.1) is 5.56 Å². The molecule has 0 atom stereocenters. The van der Waals surface area contributed by atoms with Crippen LogP contribution in [0.1, 0.15) is 16.8 Å². The number of amides is 1. The van der Waals surface area contributed by atoms with Gasteiger partial charge in [0.2, 0.25) is 5.95 Å². The van der Waals surface area contributed by atoms with Crippen molar-refractivity contribution in [1.29, 1.82) is 0 Å². The minimum Gasteiger partial charge on any atom is -0.375 e. The number of carbonyl (C=O) groups is 1. The first-order valence-electron chi connectivity index (χ1n) is 6.83. The number of halogens is 1. The zero-order valence-corrected chi connectivity index (χ0v) is 11.9. The number of carbonyl (C=O) groups excluding carboxylic acids is 1. The van der Waals surface area contributed by atoms with Crippen LogP contribution < -0.4 is 10.2 Å². The summed E-state index contributed by atoms with van der Waals surface area (Å²) < 4.78 is 13.3. The molecule has 1 heterocycles. The van der Waals surface area contributed by atoms with Gasteiger partial charge in [-0.15, -0.1) is 0 Å². The minimum atomic E-state index is -0.739. The van der Waals surface area contributed by atoms with Crippen LogP contribution in [0.15, 0.2) is 48.7 Å². The maximum atomic E-state index is 13.3. The van der Waals surface area contributed by atoms with E-state index in [1.807, 2.05) is 37.4 Å². The predicted octanol–water partition coefficient (Wildman–Crippen LogP) is 2.48. The molecule has 0 aliphatic carbocycles. The Kier molecular flexibility index (Phi) is 5.26. The van der Waals surface area contributed by atoms with E-state index in [0.29, 0.717) is 6.54 Å². The molecule has 0 saturated carbocycles. The highest BCUT2D eigenvalue weighted by atomic mass is 19.1. The van der Waals surface area contributed by atoms with Crippen LogP contribution in [0.3, 0.4) is 0 Å². The fraction of sp³-hybridized carbons (Fsp3) is 0.250. The number of rotatable bonds is 6. The Hall–Kier alpha value is -2.43. The number of nitrogens with one attached hydrogen (secondary N) is 1.